The third kappa shape index (κ3) is 2.12. The van der Waals surface area contributed by atoms with E-state index in [9.17, 15) is 4.57 Å². The molecule has 1 atom stereocenters. The van der Waals surface area contributed by atoms with E-state index in [1.807, 2.05) is 54.6 Å². The van der Waals surface area contributed by atoms with Gasteiger partial charge in [-0.3, -0.25) is 0 Å². The number of methoxy groups -OCH3 is 1. The molecule has 0 radical (unpaired) electrons. The first kappa shape index (κ1) is 12.7. The number of rotatable bonds is 4. The summed E-state index contributed by atoms with van der Waals surface area (Å²) in [6, 6.07) is 16.7. The van der Waals surface area contributed by atoms with Crippen LogP contribution in [0, 0.1) is 0 Å². The fraction of sp³-hybridized carbons (Fsp3) is 0.0667. The van der Waals surface area contributed by atoms with Crippen molar-refractivity contribution in [2.45, 2.75) is 0 Å². The highest BCUT2D eigenvalue weighted by molar-refractivity contribution is 7.81. The van der Waals surface area contributed by atoms with Crippen LogP contribution in [-0.4, -0.2) is 7.11 Å². The van der Waals surface area contributed by atoms with Crippen LogP contribution in [-0.2, 0) is 4.57 Å². The van der Waals surface area contributed by atoms with Crippen LogP contribution in [0.3, 0.4) is 0 Å². The van der Waals surface area contributed by atoms with Crippen LogP contribution in [0.15, 0.2) is 67.0 Å². The number of hydrogen-bond donors (Lipinski definition) is 0. The van der Waals surface area contributed by atoms with E-state index in [4.69, 9.17) is 4.74 Å². The van der Waals surface area contributed by atoms with Gasteiger partial charge in [-0.25, -0.2) is 0 Å². The van der Waals surface area contributed by atoms with Crippen LogP contribution in [0.1, 0.15) is 0 Å². The first-order valence-electron chi connectivity index (χ1n) is 5.65. The van der Waals surface area contributed by atoms with E-state index in [-0.39, 0.29) is 0 Å². The third-order valence-corrected chi connectivity index (χ3v) is 5.50. The van der Waals surface area contributed by atoms with Gasteiger partial charge in [0.25, 0.3) is 0 Å². The van der Waals surface area contributed by atoms with E-state index in [1.165, 1.54) is 5.82 Å². The van der Waals surface area contributed by atoms with Crippen LogP contribution < -0.4 is 15.3 Å². The minimum atomic E-state index is -2.82. The van der Waals surface area contributed by atoms with Crippen molar-refractivity contribution >= 4 is 17.8 Å². The van der Waals surface area contributed by atoms with Gasteiger partial charge in [0.15, 0.2) is 7.14 Å². The zero-order valence-electron chi connectivity index (χ0n) is 10.2. The van der Waals surface area contributed by atoms with Crippen LogP contribution in [0.25, 0.3) is 0 Å². The molecule has 2 nitrogen and oxygen atoms in total. The molecular formula is C15H15O2P. The van der Waals surface area contributed by atoms with Crippen LogP contribution in [0.5, 0.6) is 5.75 Å². The second-order valence-electron chi connectivity index (χ2n) is 3.85. The molecule has 0 aliphatic heterocycles. The third-order valence-electron chi connectivity index (χ3n) is 2.84. The normalized spacial score (nSPS) is 13.6. The van der Waals surface area contributed by atoms with E-state index in [2.05, 4.69) is 6.58 Å². The summed E-state index contributed by atoms with van der Waals surface area (Å²) in [5.74, 6) is 2.16. The Morgan fingerprint density at radius 2 is 1.67 bits per heavy atom. The molecule has 0 heterocycles. The Bertz CT molecular complexity index is 590. The van der Waals surface area contributed by atoms with E-state index >= 15 is 0 Å². The van der Waals surface area contributed by atoms with Gasteiger partial charge in [-0.15, -0.1) is 0 Å². The summed E-state index contributed by atoms with van der Waals surface area (Å²) in [6.45, 7) is 3.74. The molecule has 0 bridgehead atoms. The molecular weight excluding hydrogens is 243 g/mol. The number of ether oxygens (including phenoxy) is 1. The highest BCUT2D eigenvalue weighted by atomic mass is 31.2. The molecule has 1 unspecified atom stereocenters. The quantitative estimate of drug-likeness (QED) is 0.787. The lowest BCUT2D eigenvalue weighted by Gasteiger charge is -2.17. The molecule has 18 heavy (non-hydrogen) atoms. The summed E-state index contributed by atoms with van der Waals surface area (Å²) < 4.78 is 18.5. The molecule has 2 aromatic rings. The zero-order chi connectivity index (χ0) is 13.0. The molecule has 2 rings (SSSR count). The summed E-state index contributed by atoms with van der Waals surface area (Å²) in [6.07, 6.45) is 0. The first-order chi connectivity index (χ1) is 8.72. The molecule has 0 aliphatic carbocycles. The lowest BCUT2D eigenvalue weighted by molar-refractivity contribution is 0.418. The van der Waals surface area contributed by atoms with Crippen molar-refractivity contribution < 1.29 is 9.30 Å². The molecule has 2 aromatic carbocycles. The highest BCUT2D eigenvalue weighted by Crippen LogP contribution is 2.46. The van der Waals surface area contributed by atoms with Crippen molar-refractivity contribution in [3.05, 3.63) is 67.0 Å². The Morgan fingerprint density at radius 1 is 1.06 bits per heavy atom. The van der Waals surface area contributed by atoms with Gasteiger partial charge in [0, 0.05) is 5.30 Å². The Labute approximate surface area is 107 Å². The Hall–Kier alpha value is -1.79. The molecule has 3 heteroatoms. The van der Waals surface area contributed by atoms with Gasteiger partial charge in [-0.1, -0.05) is 49.0 Å². The smallest absolute Gasteiger partial charge is 0.167 e. The van der Waals surface area contributed by atoms with Gasteiger partial charge >= 0.3 is 0 Å². The Balaban J connectivity index is 2.65. The highest BCUT2D eigenvalue weighted by Gasteiger charge is 2.26. The standard InChI is InChI=1S/C15H15O2P/c1-3-18(16,13-9-5-4-6-10-13)15-12-8-7-11-14(15)17-2/h3-12H,1H2,2H3. The van der Waals surface area contributed by atoms with Crippen LogP contribution >= 0.6 is 7.14 Å². The average Bonchev–Trinajstić information content (AvgIpc) is 2.47. The average molecular weight is 258 g/mol. The fourth-order valence-corrected chi connectivity index (χ4v) is 4.00. The minimum absolute atomic E-state index is 0.629. The Kier molecular flexibility index (Phi) is 3.69. The molecule has 0 saturated heterocycles. The SMILES string of the molecule is C=CP(=O)(c1ccccc1)c1ccccc1OC. The second kappa shape index (κ2) is 5.24. The topological polar surface area (TPSA) is 26.3 Å². The fourth-order valence-electron chi connectivity index (χ4n) is 1.90. The number of benzene rings is 2. The van der Waals surface area contributed by atoms with Gasteiger partial charge < -0.3 is 9.30 Å². The second-order valence-corrected chi connectivity index (χ2v) is 6.53. The van der Waals surface area contributed by atoms with E-state index < -0.39 is 7.14 Å². The minimum Gasteiger partial charge on any atom is -0.496 e. The van der Waals surface area contributed by atoms with Crippen molar-refractivity contribution in [2.75, 3.05) is 7.11 Å². The first-order valence-corrected chi connectivity index (χ1v) is 7.42. The number of para-hydroxylation sites is 1. The molecule has 0 spiro atoms. The van der Waals surface area contributed by atoms with Gasteiger partial charge in [0.2, 0.25) is 0 Å². The zero-order valence-corrected chi connectivity index (χ0v) is 11.1. The van der Waals surface area contributed by atoms with Gasteiger partial charge in [0.05, 0.1) is 12.4 Å². The Morgan fingerprint density at radius 3 is 2.28 bits per heavy atom. The molecule has 0 amide bonds. The summed E-state index contributed by atoms with van der Waals surface area (Å²) >= 11 is 0. The predicted octanol–water partition coefficient (Wildman–Crippen LogP) is 3.15. The van der Waals surface area contributed by atoms with Crippen LogP contribution in [0.2, 0.25) is 0 Å². The largest absolute Gasteiger partial charge is 0.496 e. The lowest BCUT2D eigenvalue weighted by atomic mass is 10.3. The molecule has 92 valence electrons. The van der Waals surface area contributed by atoms with Gasteiger partial charge in [-0.2, -0.15) is 0 Å². The summed E-state index contributed by atoms with van der Waals surface area (Å²) in [4.78, 5) is 0. The lowest BCUT2D eigenvalue weighted by Crippen LogP contribution is -2.16. The maximum Gasteiger partial charge on any atom is 0.167 e. The van der Waals surface area contributed by atoms with Crippen molar-refractivity contribution in [3.63, 3.8) is 0 Å². The molecule has 0 saturated carbocycles. The monoisotopic (exact) mass is 258 g/mol. The molecule has 0 aromatic heterocycles. The summed E-state index contributed by atoms with van der Waals surface area (Å²) in [5.41, 5.74) is 0. The van der Waals surface area contributed by atoms with Gasteiger partial charge in [0.1, 0.15) is 5.75 Å². The van der Waals surface area contributed by atoms with E-state index in [1.54, 1.807) is 7.11 Å². The van der Waals surface area contributed by atoms with Crippen molar-refractivity contribution in [3.8, 4) is 5.75 Å². The maximum absolute atomic E-state index is 13.2. The van der Waals surface area contributed by atoms with Crippen molar-refractivity contribution in [1.82, 2.24) is 0 Å². The molecule has 0 N–H and O–H groups in total. The molecule has 0 aliphatic rings. The summed E-state index contributed by atoms with van der Waals surface area (Å²) in [5, 5.41) is 1.46. The van der Waals surface area contributed by atoms with Gasteiger partial charge in [-0.05, 0) is 17.9 Å². The predicted molar refractivity (Wildman–Crippen MR) is 76.5 cm³/mol. The van der Waals surface area contributed by atoms with E-state index in [0.717, 1.165) is 5.30 Å². The van der Waals surface area contributed by atoms with Crippen molar-refractivity contribution in [1.29, 1.82) is 0 Å². The molecule has 0 fully saturated rings. The van der Waals surface area contributed by atoms with Crippen molar-refractivity contribution in [2.24, 2.45) is 0 Å². The number of hydrogen-bond acceptors (Lipinski definition) is 2. The van der Waals surface area contributed by atoms with Crippen LogP contribution in [0.4, 0.5) is 0 Å². The van der Waals surface area contributed by atoms with E-state index in [0.29, 0.717) is 11.1 Å². The summed E-state index contributed by atoms with van der Waals surface area (Å²) in [7, 11) is -1.24. The maximum atomic E-state index is 13.2.